The van der Waals surface area contributed by atoms with Crippen LogP contribution in [0.2, 0.25) is 5.02 Å². The number of benzene rings is 1. The van der Waals surface area contributed by atoms with Gasteiger partial charge in [-0.15, -0.1) is 0 Å². The molecule has 1 nitrogen and oxygen atoms in total. The van der Waals surface area contributed by atoms with Crippen molar-refractivity contribution in [3.8, 4) is 0 Å². The Bertz CT molecular complexity index is 426. The van der Waals surface area contributed by atoms with Gasteiger partial charge in [0.25, 0.3) is 0 Å². The summed E-state index contributed by atoms with van der Waals surface area (Å²) >= 11 is 6.11. The molecule has 1 saturated carbocycles. The monoisotopic (exact) mass is 283 g/mol. The molecule has 2 atom stereocenters. The van der Waals surface area contributed by atoms with Crippen LogP contribution in [-0.2, 0) is 6.42 Å². The zero-order valence-corrected chi connectivity index (χ0v) is 12.5. The lowest BCUT2D eigenvalue weighted by Crippen LogP contribution is -2.47. The Kier molecular flexibility index (Phi) is 4.52. The number of hydrogen-bond donors (Lipinski definition) is 1. The summed E-state index contributed by atoms with van der Waals surface area (Å²) in [6.45, 7) is 4.49. The zero-order valence-electron chi connectivity index (χ0n) is 11.8. The molecule has 0 heterocycles. The van der Waals surface area contributed by atoms with E-state index in [0.29, 0.717) is 28.8 Å². The SMILES string of the molecule is CC(C)C1CCCC(N)(Cc2c(F)cccc2Cl)C1. The molecule has 3 heteroatoms. The Morgan fingerprint density at radius 3 is 2.84 bits per heavy atom. The van der Waals surface area contributed by atoms with E-state index in [1.165, 1.54) is 12.5 Å². The Labute approximate surface area is 120 Å². The molecule has 2 N–H and O–H groups in total. The van der Waals surface area contributed by atoms with Crippen molar-refractivity contribution in [1.29, 1.82) is 0 Å². The van der Waals surface area contributed by atoms with Gasteiger partial charge in [0, 0.05) is 16.1 Å². The van der Waals surface area contributed by atoms with Gasteiger partial charge in [0.05, 0.1) is 0 Å². The third-order valence-electron chi connectivity index (χ3n) is 4.45. The summed E-state index contributed by atoms with van der Waals surface area (Å²) in [7, 11) is 0. The zero-order chi connectivity index (χ0) is 14.0. The quantitative estimate of drug-likeness (QED) is 0.864. The van der Waals surface area contributed by atoms with Crippen LogP contribution in [0.3, 0.4) is 0 Å². The van der Waals surface area contributed by atoms with E-state index in [1.54, 1.807) is 12.1 Å². The maximum Gasteiger partial charge on any atom is 0.127 e. The lowest BCUT2D eigenvalue weighted by Gasteiger charge is -2.40. The second-order valence-electron chi connectivity index (χ2n) is 6.34. The van der Waals surface area contributed by atoms with Crippen molar-refractivity contribution < 1.29 is 4.39 Å². The maximum atomic E-state index is 13.9. The molecule has 1 aromatic rings. The van der Waals surface area contributed by atoms with Crippen LogP contribution >= 0.6 is 11.6 Å². The highest BCUT2D eigenvalue weighted by Crippen LogP contribution is 2.38. The third kappa shape index (κ3) is 3.49. The van der Waals surface area contributed by atoms with Gasteiger partial charge in [0.1, 0.15) is 5.82 Å². The molecule has 1 aliphatic rings. The molecule has 1 fully saturated rings. The molecule has 2 rings (SSSR count). The van der Waals surface area contributed by atoms with Crippen LogP contribution < -0.4 is 5.73 Å². The second-order valence-corrected chi connectivity index (χ2v) is 6.75. The highest BCUT2D eigenvalue weighted by molar-refractivity contribution is 6.31. The molecule has 0 radical (unpaired) electrons. The molecular formula is C16H23ClFN. The fourth-order valence-electron chi connectivity index (χ4n) is 3.23. The molecule has 0 aromatic heterocycles. The smallest absolute Gasteiger partial charge is 0.127 e. The van der Waals surface area contributed by atoms with Crippen molar-refractivity contribution in [3.05, 3.63) is 34.6 Å². The first kappa shape index (κ1) is 14.8. The van der Waals surface area contributed by atoms with E-state index in [-0.39, 0.29) is 11.4 Å². The van der Waals surface area contributed by atoms with E-state index >= 15 is 0 Å². The first-order valence-corrected chi connectivity index (χ1v) is 7.51. The van der Waals surface area contributed by atoms with Crippen molar-refractivity contribution in [1.82, 2.24) is 0 Å². The lowest BCUT2D eigenvalue weighted by molar-refractivity contribution is 0.181. The topological polar surface area (TPSA) is 26.0 Å². The van der Waals surface area contributed by atoms with Crippen molar-refractivity contribution in [2.45, 2.75) is 51.5 Å². The normalized spacial score (nSPS) is 27.8. The molecule has 1 aliphatic carbocycles. The average Bonchev–Trinajstić information content (AvgIpc) is 2.34. The van der Waals surface area contributed by atoms with Gasteiger partial charge >= 0.3 is 0 Å². The summed E-state index contributed by atoms with van der Waals surface area (Å²) in [5, 5.41) is 0.497. The first-order valence-electron chi connectivity index (χ1n) is 7.13. The highest BCUT2D eigenvalue weighted by Gasteiger charge is 2.35. The molecule has 0 bridgehead atoms. The molecule has 0 amide bonds. The molecule has 0 spiro atoms. The van der Waals surface area contributed by atoms with Crippen LogP contribution in [-0.4, -0.2) is 5.54 Å². The van der Waals surface area contributed by atoms with Crippen LogP contribution in [0, 0.1) is 17.7 Å². The molecule has 1 aromatic carbocycles. The fraction of sp³-hybridized carbons (Fsp3) is 0.625. The van der Waals surface area contributed by atoms with Crippen molar-refractivity contribution >= 4 is 11.6 Å². The minimum atomic E-state index is -0.307. The van der Waals surface area contributed by atoms with E-state index in [0.717, 1.165) is 19.3 Å². The Morgan fingerprint density at radius 1 is 1.47 bits per heavy atom. The van der Waals surface area contributed by atoms with Gasteiger partial charge < -0.3 is 5.73 Å². The van der Waals surface area contributed by atoms with Crippen molar-refractivity contribution in [2.24, 2.45) is 17.6 Å². The molecule has 19 heavy (non-hydrogen) atoms. The van der Waals surface area contributed by atoms with Gasteiger partial charge in [-0.2, -0.15) is 0 Å². The number of rotatable bonds is 3. The predicted octanol–water partition coefficient (Wildman–Crippen LogP) is 4.57. The Hall–Kier alpha value is -0.600. The van der Waals surface area contributed by atoms with E-state index in [4.69, 9.17) is 17.3 Å². The van der Waals surface area contributed by atoms with E-state index in [2.05, 4.69) is 13.8 Å². The van der Waals surface area contributed by atoms with Gasteiger partial charge in [0.15, 0.2) is 0 Å². The molecule has 106 valence electrons. The summed E-state index contributed by atoms with van der Waals surface area (Å²) in [4.78, 5) is 0. The Morgan fingerprint density at radius 2 is 2.21 bits per heavy atom. The van der Waals surface area contributed by atoms with E-state index in [1.807, 2.05) is 0 Å². The second kappa shape index (κ2) is 5.80. The minimum absolute atomic E-state index is 0.232. The summed E-state index contributed by atoms with van der Waals surface area (Å²) in [6.07, 6.45) is 4.84. The fourth-order valence-corrected chi connectivity index (χ4v) is 3.46. The summed E-state index contributed by atoms with van der Waals surface area (Å²) in [6, 6.07) is 4.85. The number of nitrogens with two attached hydrogens (primary N) is 1. The molecular weight excluding hydrogens is 261 g/mol. The van der Waals surface area contributed by atoms with Crippen LogP contribution in [0.4, 0.5) is 4.39 Å². The number of hydrogen-bond acceptors (Lipinski definition) is 1. The minimum Gasteiger partial charge on any atom is -0.325 e. The lowest BCUT2D eigenvalue weighted by atomic mass is 9.70. The average molecular weight is 284 g/mol. The van der Waals surface area contributed by atoms with Crippen LogP contribution in [0.5, 0.6) is 0 Å². The maximum absolute atomic E-state index is 13.9. The van der Waals surface area contributed by atoms with Gasteiger partial charge in [-0.05, 0) is 43.2 Å². The standard InChI is InChI=1S/C16H23ClFN/c1-11(2)12-5-4-8-16(19,9-12)10-13-14(17)6-3-7-15(13)18/h3,6-7,11-12H,4-5,8-10,19H2,1-2H3. The van der Waals surface area contributed by atoms with Gasteiger partial charge in [-0.1, -0.05) is 44.4 Å². The van der Waals surface area contributed by atoms with Crippen molar-refractivity contribution in [2.75, 3.05) is 0 Å². The van der Waals surface area contributed by atoms with Gasteiger partial charge in [-0.25, -0.2) is 4.39 Å². The summed E-state index contributed by atoms with van der Waals surface area (Å²) in [5.74, 6) is 1.05. The van der Waals surface area contributed by atoms with E-state index in [9.17, 15) is 4.39 Å². The first-order chi connectivity index (χ1) is 8.91. The molecule has 0 saturated heterocycles. The van der Waals surface area contributed by atoms with Crippen LogP contribution in [0.25, 0.3) is 0 Å². The van der Waals surface area contributed by atoms with Crippen molar-refractivity contribution in [3.63, 3.8) is 0 Å². The van der Waals surface area contributed by atoms with Gasteiger partial charge in [-0.3, -0.25) is 0 Å². The molecule has 0 aliphatic heterocycles. The van der Waals surface area contributed by atoms with Crippen LogP contribution in [0.15, 0.2) is 18.2 Å². The summed E-state index contributed by atoms with van der Waals surface area (Å²) < 4.78 is 13.9. The van der Waals surface area contributed by atoms with Gasteiger partial charge in [0.2, 0.25) is 0 Å². The molecule has 2 unspecified atom stereocenters. The predicted molar refractivity (Wildman–Crippen MR) is 78.8 cm³/mol. The summed E-state index contributed by atoms with van der Waals surface area (Å²) in [5.41, 5.74) is 6.80. The largest absolute Gasteiger partial charge is 0.325 e. The third-order valence-corrected chi connectivity index (χ3v) is 4.81. The Balaban J connectivity index is 2.17. The number of halogens is 2. The van der Waals surface area contributed by atoms with E-state index < -0.39 is 0 Å². The highest BCUT2D eigenvalue weighted by atomic mass is 35.5. The van der Waals surface area contributed by atoms with Crippen LogP contribution in [0.1, 0.15) is 45.1 Å².